The Kier molecular flexibility index (Phi) is 5.95. The molecule has 0 bridgehead atoms. The predicted octanol–water partition coefficient (Wildman–Crippen LogP) is 2.15. The van der Waals surface area contributed by atoms with E-state index >= 15 is 0 Å². The molecular formula is C21H23FN2O6S. The average Bonchev–Trinajstić information content (AvgIpc) is 2.65. The van der Waals surface area contributed by atoms with Crippen LogP contribution in [0.1, 0.15) is 26.3 Å². The van der Waals surface area contributed by atoms with Gasteiger partial charge in [0, 0.05) is 0 Å². The van der Waals surface area contributed by atoms with Gasteiger partial charge < -0.3 is 15.2 Å². The van der Waals surface area contributed by atoms with Crippen molar-refractivity contribution in [1.82, 2.24) is 0 Å². The SMILES string of the molecule is CC(C)(C)OC(=O)Cc1ccc2c(c1)N(S(=O)(=O)c1ccc(F)cc1)C(C(N)=O)CO2. The van der Waals surface area contributed by atoms with Gasteiger partial charge in [-0.25, -0.2) is 17.1 Å². The summed E-state index contributed by atoms with van der Waals surface area (Å²) in [4.78, 5) is 24.0. The molecule has 1 aliphatic heterocycles. The van der Waals surface area contributed by atoms with Gasteiger partial charge in [0.2, 0.25) is 5.91 Å². The van der Waals surface area contributed by atoms with Gasteiger partial charge in [-0.05, 0) is 62.7 Å². The zero-order valence-electron chi connectivity index (χ0n) is 17.3. The van der Waals surface area contributed by atoms with E-state index in [9.17, 15) is 22.4 Å². The number of primary amides is 1. The second-order valence-corrected chi connectivity index (χ2v) is 9.86. The van der Waals surface area contributed by atoms with Crippen LogP contribution in [0.4, 0.5) is 10.1 Å². The second kappa shape index (κ2) is 8.18. The zero-order valence-corrected chi connectivity index (χ0v) is 18.1. The number of hydrogen-bond acceptors (Lipinski definition) is 6. The lowest BCUT2D eigenvalue weighted by Gasteiger charge is -2.36. The minimum atomic E-state index is -4.29. The van der Waals surface area contributed by atoms with E-state index < -0.39 is 39.4 Å². The van der Waals surface area contributed by atoms with Gasteiger partial charge in [-0.2, -0.15) is 0 Å². The summed E-state index contributed by atoms with van der Waals surface area (Å²) in [6, 6.07) is 7.45. The quantitative estimate of drug-likeness (QED) is 0.698. The molecule has 0 saturated carbocycles. The average molecular weight is 450 g/mol. The van der Waals surface area contributed by atoms with Gasteiger partial charge in [0.25, 0.3) is 10.0 Å². The minimum absolute atomic E-state index is 0.0560. The molecule has 0 spiro atoms. The number of hydrogen-bond donors (Lipinski definition) is 1. The van der Waals surface area contributed by atoms with Crippen molar-refractivity contribution < 1.29 is 31.9 Å². The van der Waals surface area contributed by atoms with Gasteiger partial charge in [0.1, 0.15) is 23.8 Å². The molecule has 31 heavy (non-hydrogen) atoms. The van der Waals surface area contributed by atoms with Crippen molar-refractivity contribution in [2.75, 3.05) is 10.9 Å². The number of rotatable bonds is 5. The van der Waals surface area contributed by atoms with E-state index in [1.165, 1.54) is 12.1 Å². The number of esters is 1. The molecular weight excluding hydrogens is 427 g/mol. The van der Waals surface area contributed by atoms with Crippen LogP contribution in [0.15, 0.2) is 47.4 Å². The molecule has 0 fully saturated rings. The predicted molar refractivity (Wildman–Crippen MR) is 111 cm³/mol. The molecule has 0 aromatic heterocycles. The first kappa shape index (κ1) is 22.5. The summed E-state index contributed by atoms with van der Waals surface area (Å²) >= 11 is 0. The number of nitrogens with two attached hydrogens (primary N) is 1. The highest BCUT2D eigenvalue weighted by Crippen LogP contribution is 2.38. The fourth-order valence-electron chi connectivity index (χ4n) is 3.13. The van der Waals surface area contributed by atoms with Crippen molar-refractivity contribution >= 4 is 27.6 Å². The molecule has 8 nitrogen and oxygen atoms in total. The molecule has 1 heterocycles. The Morgan fingerprint density at radius 1 is 1.19 bits per heavy atom. The molecule has 10 heteroatoms. The first-order chi connectivity index (χ1) is 14.4. The van der Waals surface area contributed by atoms with Crippen LogP contribution < -0.4 is 14.8 Å². The van der Waals surface area contributed by atoms with Gasteiger partial charge in [0.05, 0.1) is 17.0 Å². The minimum Gasteiger partial charge on any atom is -0.489 e. The standard InChI is InChI=1S/C21H23FN2O6S/c1-21(2,3)30-19(25)11-13-4-9-18-16(10-13)24(17(12-29-18)20(23)26)31(27,28)15-7-5-14(22)6-8-15/h4-10,17H,11-12H2,1-3H3,(H2,23,26). The fraction of sp³-hybridized carbons (Fsp3) is 0.333. The van der Waals surface area contributed by atoms with Crippen LogP contribution in [-0.2, 0) is 30.8 Å². The lowest BCUT2D eigenvalue weighted by atomic mass is 10.1. The molecule has 2 aromatic rings. The third-order valence-corrected chi connectivity index (χ3v) is 6.24. The number of carbonyl (C=O) groups excluding carboxylic acids is 2. The first-order valence-corrected chi connectivity index (χ1v) is 10.9. The van der Waals surface area contributed by atoms with Crippen molar-refractivity contribution in [3.05, 3.63) is 53.8 Å². The number of nitrogens with zero attached hydrogens (tertiary/aromatic N) is 1. The maximum absolute atomic E-state index is 13.3. The van der Waals surface area contributed by atoms with Crippen LogP contribution in [0.25, 0.3) is 0 Å². The summed E-state index contributed by atoms with van der Waals surface area (Å²) in [5.74, 6) is -1.80. The monoisotopic (exact) mass is 450 g/mol. The third-order valence-electron chi connectivity index (χ3n) is 4.41. The maximum atomic E-state index is 13.3. The Bertz CT molecular complexity index is 1110. The van der Waals surface area contributed by atoms with Gasteiger partial charge in [-0.3, -0.25) is 9.59 Å². The Labute approximate surface area is 179 Å². The van der Waals surface area contributed by atoms with Crippen LogP contribution >= 0.6 is 0 Å². The number of anilines is 1. The van der Waals surface area contributed by atoms with Crippen LogP contribution in [0, 0.1) is 5.82 Å². The summed E-state index contributed by atoms with van der Waals surface area (Å²) < 4.78 is 51.7. The normalized spacial score (nSPS) is 16.3. The summed E-state index contributed by atoms with van der Waals surface area (Å²) in [6.45, 7) is 4.92. The van der Waals surface area contributed by atoms with Crippen molar-refractivity contribution in [1.29, 1.82) is 0 Å². The molecule has 1 aliphatic rings. The molecule has 0 saturated heterocycles. The van der Waals surface area contributed by atoms with Crippen LogP contribution in [0.3, 0.4) is 0 Å². The largest absolute Gasteiger partial charge is 0.489 e. The Hall–Kier alpha value is -3.14. The van der Waals surface area contributed by atoms with E-state index in [1.807, 2.05) is 0 Å². The first-order valence-electron chi connectivity index (χ1n) is 9.45. The highest BCUT2D eigenvalue weighted by atomic mass is 32.2. The molecule has 0 radical (unpaired) electrons. The van der Waals surface area contributed by atoms with E-state index in [0.717, 1.165) is 28.6 Å². The maximum Gasteiger partial charge on any atom is 0.310 e. The van der Waals surface area contributed by atoms with E-state index in [1.54, 1.807) is 26.8 Å². The second-order valence-electron chi connectivity index (χ2n) is 8.05. The number of amides is 1. The van der Waals surface area contributed by atoms with Gasteiger partial charge in [-0.1, -0.05) is 6.07 Å². The lowest BCUT2D eigenvalue weighted by Crippen LogP contribution is -2.53. The number of fused-ring (bicyclic) bond motifs is 1. The summed E-state index contributed by atoms with van der Waals surface area (Å²) in [5.41, 5.74) is 5.28. The van der Waals surface area contributed by atoms with E-state index in [-0.39, 0.29) is 29.4 Å². The highest BCUT2D eigenvalue weighted by molar-refractivity contribution is 7.93. The molecule has 3 rings (SSSR count). The van der Waals surface area contributed by atoms with E-state index in [0.29, 0.717) is 5.56 Å². The number of halogens is 1. The number of carbonyl (C=O) groups is 2. The number of sulfonamides is 1. The number of benzene rings is 2. The zero-order chi connectivity index (χ0) is 23.0. The summed E-state index contributed by atoms with van der Waals surface area (Å²) in [7, 11) is -4.29. The molecule has 166 valence electrons. The fourth-order valence-corrected chi connectivity index (χ4v) is 4.74. The van der Waals surface area contributed by atoms with Gasteiger partial charge in [-0.15, -0.1) is 0 Å². The lowest BCUT2D eigenvalue weighted by molar-refractivity contribution is -0.153. The summed E-state index contributed by atoms with van der Waals surface area (Å²) in [6.07, 6.45) is -0.115. The Balaban J connectivity index is 2.05. The van der Waals surface area contributed by atoms with Gasteiger partial charge in [0.15, 0.2) is 6.04 Å². The Morgan fingerprint density at radius 2 is 1.84 bits per heavy atom. The van der Waals surface area contributed by atoms with Crippen LogP contribution in [0.5, 0.6) is 5.75 Å². The molecule has 0 aliphatic carbocycles. The van der Waals surface area contributed by atoms with E-state index in [2.05, 4.69) is 0 Å². The highest BCUT2D eigenvalue weighted by Gasteiger charge is 2.40. The van der Waals surface area contributed by atoms with Crippen molar-refractivity contribution in [2.45, 2.75) is 43.7 Å². The molecule has 1 amide bonds. The Morgan fingerprint density at radius 3 is 2.42 bits per heavy atom. The topological polar surface area (TPSA) is 116 Å². The smallest absolute Gasteiger partial charge is 0.310 e. The summed E-state index contributed by atoms with van der Waals surface area (Å²) in [5, 5.41) is 0. The van der Waals surface area contributed by atoms with Crippen molar-refractivity contribution in [3.63, 3.8) is 0 Å². The van der Waals surface area contributed by atoms with Crippen molar-refractivity contribution in [3.8, 4) is 5.75 Å². The van der Waals surface area contributed by atoms with Crippen molar-refractivity contribution in [2.24, 2.45) is 5.73 Å². The van der Waals surface area contributed by atoms with Crippen LogP contribution in [0.2, 0.25) is 0 Å². The molecule has 2 N–H and O–H groups in total. The molecule has 2 aromatic carbocycles. The van der Waals surface area contributed by atoms with E-state index in [4.69, 9.17) is 15.2 Å². The van der Waals surface area contributed by atoms with Gasteiger partial charge >= 0.3 is 5.97 Å². The number of ether oxygens (including phenoxy) is 2. The third kappa shape index (κ3) is 4.96. The van der Waals surface area contributed by atoms with Crippen LogP contribution in [-0.4, -0.2) is 38.5 Å². The molecule has 1 unspecified atom stereocenters. The molecule has 1 atom stereocenters.